The van der Waals surface area contributed by atoms with Crippen LogP contribution in [0.25, 0.3) is 0 Å². The van der Waals surface area contributed by atoms with Crippen LogP contribution in [0.3, 0.4) is 0 Å². The summed E-state index contributed by atoms with van der Waals surface area (Å²) in [7, 11) is 4.55. The lowest BCUT2D eigenvalue weighted by Crippen LogP contribution is -2.36. The number of methoxy groups -OCH3 is 2. The van der Waals surface area contributed by atoms with Crippen LogP contribution < -0.4 is 14.8 Å². The number of ether oxygens (including phenoxy) is 3. The van der Waals surface area contributed by atoms with Gasteiger partial charge in [0, 0.05) is 18.8 Å². The highest BCUT2D eigenvalue weighted by molar-refractivity contribution is 5.91. The molecule has 0 saturated carbocycles. The first-order valence-electron chi connectivity index (χ1n) is 6.41. The van der Waals surface area contributed by atoms with E-state index in [0.29, 0.717) is 17.2 Å². The summed E-state index contributed by atoms with van der Waals surface area (Å²) in [6.07, 6.45) is 0. The number of anilines is 1. The smallest absolute Gasteiger partial charge is 0.325 e. The Bertz CT molecular complexity index is 504. The molecule has 21 heavy (non-hydrogen) atoms. The van der Waals surface area contributed by atoms with Crippen molar-refractivity contribution in [2.75, 3.05) is 39.7 Å². The number of carbonyl (C=O) groups excluding carboxylic acids is 2. The Morgan fingerprint density at radius 2 is 1.86 bits per heavy atom. The maximum atomic E-state index is 11.9. The van der Waals surface area contributed by atoms with Crippen molar-refractivity contribution in [3.63, 3.8) is 0 Å². The molecule has 0 radical (unpaired) electrons. The summed E-state index contributed by atoms with van der Waals surface area (Å²) in [6, 6.07) is 4.57. The van der Waals surface area contributed by atoms with Crippen LogP contribution in [-0.4, -0.2) is 51.3 Å². The molecular formula is C14H20N2O5. The van der Waals surface area contributed by atoms with Crippen LogP contribution in [0.4, 0.5) is 10.5 Å². The molecule has 0 aromatic heterocycles. The molecule has 7 heteroatoms. The summed E-state index contributed by atoms with van der Waals surface area (Å²) in [5.74, 6) is 0.612. The van der Waals surface area contributed by atoms with E-state index in [1.165, 1.54) is 26.2 Å². The number of amides is 2. The Morgan fingerprint density at radius 1 is 1.19 bits per heavy atom. The first-order chi connectivity index (χ1) is 10.0. The van der Waals surface area contributed by atoms with Gasteiger partial charge < -0.3 is 24.4 Å². The van der Waals surface area contributed by atoms with Crippen molar-refractivity contribution < 1.29 is 23.8 Å². The molecule has 0 aliphatic carbocycles. The van der Waals surface area contributed by atoms with E-state index >= 15 is 0 Å². The van der Waals surface area contributed by atoms with E-state index in [4.69, 9.17) is 14.2 Å². The standard InChI is InChI=1S/C14H20N2O5/c1-5-21-13(17)9-16(2)14(18)15-10-6-7-11(19-3)12(8-10)20-4/h6-8H,5,9H2,1-4H3,(H,15,18). The fourth-order valence-electron chi connectivity index (χ4n) is 1.60. The normalized spacial score (nSPS) is 9.71. The van der Waals surface area contributed by atoms with Crippen molar-refractivity contribution in [2.24, 2.45) is 0 Å². The van der Waals surface area contributed by atoms with E-state index in [1.807, 2.05) is 0 Å². The summed E-state index contributed by atoms with van der Waals surface area (Å²) < 4.78 is 15.0. The Labute approximate surface area is 123 Å². The highest BCUT2D eigenvalue weighted by atomic mass is 16.5. The van der Waals surface area contributed by atoms with Crippen molar-refractivity contribution >= 4 is 17.7 Å². The van der Waals surface area contributed by atoms with Gasteiger partial charge in [0.05, 0.1) is 20.8 Å². The quantitative estimate of drug-likeness (QED) is 0.809. The molecule has 0 bridgehead atoms. The zero-order valence-corrected chi connectivity index (χ0v) is 12.6. The van der Waals surface area contributed by atoms with E-state index < -0.39 is 12.0 Å². The maximum absolute atomic E-state index is 11.9. The Kier molecular flexibility index (Phi) is 6.32. The zero-order chi connectivity index (χ0) is 15.8. The number of carbonyl (C=O) groups is 2. The van der Waals surface area contributed by atoms with Crippen LogP contribution in [0.1, 0.15) is 6.92 Å². The third-order valence-electron chi connectivity index (χ3n) is 2.65. The Hall–Kier alpha value is -2.44. The van der Waals surface area contributed by atoms with Gasteiger partial charge in [-0.25, -0.2) is 4.79 Å². The summed E-state index contributed by atoms with van der Waals surface area (Å²) in [4.78, 5) is 24.5. The number of nitrogens with zero attached hydrogens (tertiary/aromatic N) is 1. The number of urea groups is 1. The fourth-order valence-corrected chi connectivity index (χ4v) is 1.60. The van der Waals surface area contributed by atoms with E-state index in [2.05, 4.69) is 5.32 Å². The average Bonchev–Trinajstić information content (AvgIpc) is 2.47. The minimum Gasteiger partial charge on any atom is -0.493 e. The van der Waals surface area contributed by atoms with Crippen molar-refractivity contribution in [2.45, 2.75) is 6.92 Å². The second kappa shape index (κ2) is 7.98. The fraction of sp³-hybridized carbons (Fsp3) is 0.429. The summed E-state index contributed by atoms with van der Waals surface area (Å²) in [6.45, 7) is 1.87. The molecule has 116 valence electrons. The van der Waals surface area contributed by atoms with Crippen LogP contribution in [0.5, 0.6) is 11.5 Å². The monoisotopic (exact) mass is 296 g/mol. The number of benzene rings is 1. The predicted molar refractivity (Wildman–Crippen MR) is 77.8 cm³/mol. The van der Waals surface area contributed by atoms with Crippen molar-refractivity contribution in [1.29, 1.82) is 0 Å². The molecule has 0 fully saturated rings. The van der Waals surface area contributed by atoms with Gasteiger partial charge in [0.15, 0.2) is 11.5 Å². The topological polar surface area (TPSA) is 77.1 Å². The molecule has 1 rings (SSSR count). The van der Waals surface area contributed by atoms with Crippen molar-refractivity contribution in [1.82, 2.24) is 4.90 Å². The lowest BCUT2D eigenvalue weighted by atomic mass is 10.3. The van der Waals surface area contributed by atoms with Gasteiger partial charge in [0.2, 0.25) is 0 Å². The number of nitrogens with one attached hydrogen (secondary N) is 1. The first kappa shape index (κ1) is 16.6. The number of hydrogen-bond acceptors (Lipinski definition) is 5. The molecular weight excluding hydrogens is 276 g/mol. The van der Waals surface area contributed by atoms with Crippen LogP contribution in [-0.2, 0) is 9.53 Å². The van der Waals surface area contributed by atoms with Crippen LogP contribution in [0.2, 0.25) is 0 Å². The molecule has 0 heterocycles. The van der Waals surface area contributed by atoms with Gasteiger partial charge in [-0.05, 0) is 19.1 Å². The molecule has 0 saturated heterocycles. The molecule has 7 nitrogen and oxygen atoms in total. The minimum atomic E-state index is -0.456. The van der Waals surface area contributed by atoms with E-state index in [9.17, 15) is 9.59 Å². The molecule has 0 unspecified atom stereocenters. The van der Waals surface area contributed by atoms with Gasteiger partial charge in [-0.15, -0.1) is 0 Å². The van der Waals surface area contributed by atoms with Crippen molar-refractivity contribution in [3.8, 4) is 11.5 Å². The highest BCUT2D eigenvalue weighted by Crippen LogP contribution is 2.29. The number of likely N-dealkylation sites (N-methyl/N-ethyl adjacent to an activating group) is 1. The van der Waals surface area contributed by atoms with Gasteiger partial charge in [-0.2, -0.15) is 0 Å². The van der Waals surface area contributed by atoms with E-state index in [-0.39, 0.29) is 13.2 Å². The van der Waals surface area contributed by atoms with Gasteiger partial charge in [0.25, 0.3) is 0 Å². The first-order valence-corrected chi connectivity index (χ1v) is 6.41. The zero-order valence-electron chi connectivity index (χ0n) is 12.6. The lowest BCUT2D eigenvalue weighted by Gasteiger charge is -2.17. The summed E-state index contributed by atoms with van der Waals surface area (Å²) in [5.41, 5.74) is 0.536. The molecule has 0 spiro atoms. The predicted octanol–water partition coefficient (Wildman–Crippen LogP) is 1.73. The van der Waals surface area contributed by atoms with Crippen LogP contribution >= 0.6 is 0 Å². The van der Waals surface area contributed by atoms with E-state index in [0.717, 1.165) is 0 Å². The highest BCUT2D eigenvalue weighted by Gasteiger charge is 2.14. The van der Waals surface area contributed by atoms with E-state index in [1.54, 1.807) is 25.1 Å². The molecule has 1 aromatic carbocycles. The largest absolute Gasteiger partial charge is 0.493 e. The molecule has 1 N–H and O–H groups in total. The molecule has 0 atom stereocenters. The second-order valence-electron chi connectivity index (χ2n) is 4.16. The van der Waals surface area contributed by atoms with Gasteiger partial charge in [-0.3, -0.25) is 4.79 Å². The number of hydrogen-bond donors (Lipinski definition) is 1. The third kappa shape index (κ3) is 4.87. The molecule has 2 amide bonds. The number of esters is 1. The molecule has 0 aliphatic heterocycles. The minimum absolute atomic E-state index is 0.118. The van der Waals surface area contributed by atoms with Gasteiger partial charge in [-0.1, -0.05) is 0 Å². The SMILES string of the molecule is CCOC(=O)CN(C)C(=O)Nc1ccc(OC)c(OC)c1. The molecule has 0 aliphatic rings. The number of rotatable bonds is 6. The molecule has 1 aromatic rings. The van der Waals surface area contributed by atoms with Crippen LogP contribution in [0.15, 0.2) is 18.2 Å². The van der Waals surface area contributed by atoms with Gasteiger partial charge in [0.1, 0.15) is 6.54 Å². The maximum Gasteiger partial charge on any atom is 0.325 e. The van der Waals surface area contributed by atoms with Crippen molar-refractivity contribution in [3.05, 3.63) is 18.2 Å². The lowest BCUT2D eigenvalue weighted by molar-refractivity contribution is -0.143. The second-order valence-corrected chi connectivity index (χ2v) is 4.16. The van der Waals surface area contributed by atoms with Crippen LogP contribution in [0, 0.1) is 0 Å². The summed E-state index contributed by atoms with van der Waals surface area (Å²) >= 11 is 0. The van der Waals surface area contributed by atoms with Gasteiger partial charge >= 0.3 is 12.0 Å². The Morgan fingerprint density at radius 3 is 2.43 bits per heavy atom. The summed E-state index contributed by atoms with van der Waals surface area (Å²) in [5, 5.41) is 2.66. The average molecular weight is 296 g/mol. The Balaban J connectivity index is 2.67. The third-order valence-corrected chi connectivity index (χ3v) is 2.65.